The zero-order valence-corrected chi connectivity index (χ0v) is 14.4. The molecule has 1 fully saturated rings. The Morgan fingerprint density at radius 1 is 1.43 bits per heavy atom. The number of ether oxygens (including phenoxy) is 1. The van der Waals surface area contributed by atoms with E-state index in [2.05, 4.69) is 23.7 Å². The van der Waals surface area contributed by atoms with Gasteiger partial charge < -0.3 is 14.6 Å². The summed E-state index contributed by atoms with van der Waals surface area (Å²) in [6.45, 7) is 5.50. The third-order valence-electron chi connectivity index (χ3n) is 4.38. The maximum atomic E-state index is 12.2. The van der Waals surface area contributed by atoms with Crippen LogP contribution in [0, 0.1) is 0 Å². The van der Waals surface area contributed by atoms with Gasteiger partial charge in [0.05, 0.1) is 5.60 Å². The van der Waals surface area contributed by atoms with Gasteiger partial charge in [-0.3, -0.25) is 4.79 Å². The molecule has 0 aliphatic carbocycles. The summed E-state index contributed by atoms with van der Waals surface area (Å²) in [5.41, 5.74) is 0.918. The van der Waals surface area contributed by atoms with Crippen LogP contribution in [0.5, 0.6) is 0 Å². The van der Waals surface area contributed by atoms with Gasteiger partial charge in [-0.1, -0.05) is 17.7 Å². The second-order valence-corrected chi connectivity index (χ2v) is 7.26. The molecule has 1 atom stereocenters. The fourth-order valence-electron chi connectivity index (χ4n) is 3.23. The van der Waals surface area contributed by atoms with E-state index in [0.29, 0.717) is 24.6 Å². The third-order valence-corrected chi connectivity index (χ3v) is 4.61. The lowest BCUT2D eigenvalue weighted by atomic mass is 9.94. The number of aryl methyl sites for hydroxylation is 1. The fourth-order valence-corrected chi connectivity index (χ4v) is 3.40. The first-order valence-corrected chi connectivity index (χ1v) is 8.48. The van der Waals surface area contributed by atoms with Gasteiger partial charge in [-0.05, 0) is 50.3 Å². The van der Waals surface area contributed by atoms with Crippen LogP contribution < -0.4 is 5.32 Å². The minimum atomic E-state index is -0.149. The van der Waals surface area contributed by atoms with Crippen molar-refractivity contribution < 1.29 is 9.53 Å². The number of rotatable bonds is 4. The molecular formula is C18H23ClN2O2. The molecule has 124 valence electrons. The second kappa shape index (κ2) is 6.54. The first kappa shape index (κ1) is 16.3. The Hall–Kier alpha value is -1.52. The molecule has 4 nitrogen and oxygen atoms in total. The molecule has 1 aromatic carbocycles. The number of aromatic nitrogens is 1. The topological polar surface area (TPSA) is 43.3 Å². The first-order valence-electron chi connectivity index (χ1n) is 8.11. The van der Waals surface area contributed by atoms with E-state index < -0.39 is 0 Å². The molecule has 1 aliphatic rings. The molecule has 0 spiro atoms. The number of hydrogen-bond acceptors (Lipinski definition) is 2. The van der Waals surface area contributed by atoms with Crippen LogP contribution in [-0.4, -0.2) is 28.7 Å². The van der Waals surface area contributed by atoms with Gasteiger partial charge in [-0.25, -0.2) is 0 Å². The van der Waals surface area contributed by atoms with E-state index in [1.165, 1.54) is 0 Å². The molecule has 23 heavy (non-hydrogen) atoms. The highest BCUT2D eigenvalue weighted by Crippen LogP contribution is 2.24. The van der Waals surface area contributed by atoms with Gasteiger partial charge >= 0.3 is 0 Å². The Bertz CT molecular complexity index is 708. The number of amides is 1. The van der Waals surface area contributed by atoms with Crippen molar-refractivity contribution in [3.05, 3.63) is 35.5 Å². The van der Waals surface area contributed by atoms with Crippen molar-refractivity contribution >= 4 is 28.4 Å². The van der Waals surface area contributed by atoms with E-state index in [1.54, 1.807) is 0 Å². The van der Waals surface area contributed by atoms with Crippen LogP contribution >= 0.6 is 11.6 Å². The standard InChI is InChI=1S/C18H23ClN2O2/c1-18(2)12-15(7-10-23-18)20-17(22)6-9-21-8-5-13-3-4-14(19)11-16(13)21/h3-5,8,11,15H,6-7,9-10,12H2,1-2H3,(H,20,22)/t15-/m0/s1. The van der Waals surface area contributed by atoms with Gasteiger partial charge in [0, 0.05) is 42.4 Å². The Morgan fingerprint density at radius 3 is 3.04 bits per heavy atom. The normalized spacial score (nSPS) is 20.6. The molecule has 5 heteroatoms. The molecular weight excluding hydrogens is 312 g/mol. The van der Waals surface area contributed by atoms with Gasteiger partial charge in [0.2, 0.25) is 5.91 Å². The van der Waals surface area contributed by atoms with Gasteiger partial charge in [-0.15, -0.1) is 0 Å². The van der Waals surface area contributed by atoms with Crippen LogP contribution in [0.25, 0.3) is 10.9 Å². The molecule has 0 saturated carbocycles. The molecule has 2 aromatic rings. The number of halogens is 1. The number of carbonyl (C=O) groups is 1. The Labute approximate surface area is 141 Å². The molecule has 0 unspecified atom stereocenters. The summed E-state index contributed by atoms with van der Waals surface area (Å²) in [4.78, 5) is 12.2. The summed E-state index contributed by atoms with van der Waals surface area (Å²) in [5.74, 6) is 0.0941. The van der Waals surface area contributed by atoms with Gasteiger partial charge in [0.15, 0.2) is 0 Å². The summed E-state index contributed by atoms with van der Waals surface area (Å²) in [7, 11) is 0. The van der Waals surface area contributed by atoms with Crippen molar-refractivity contribution in [1.29, 1.82) is 0 Å². The number of fused-ring (bicyclic) bond motifs is 1. The lowest BCUT2D eigenvalue weighted by Gasteiger charge is -2.35. The summed E-state index contributed by atoms with van der Waals surface area (Å²) in [5, 5.41) is 4.99. The summed E-state index contributed by atoms with van der Waals surface area (Å²) in [6, 6.07) is 8.08. The Balaban J connectivity index is 1.57. The molecule has 2 heterocycles. The lowest BCUT2D eigenvalue weighted by molar-refractivity contribution is -0.124. The van der Waals surface area contributed by atoms with Crippen LogP contribution in [0.3, 0.4) is 0 Å². The lowest BCUT2D eigenvalue weighted by Crippen LogP contribution is -2.45. The van der Waals surface area contributed by atoms with Gasteiger partial charge in [0.1, 0.15) is 0 Å². The predicted octanol–water partition coefficient (Wildman–Crippen LogP) is 3.76. The molecule has 0 bridgehead atoms. The van der Waals surface area contributed by atoms with Crippen molar-refractivity contribution in [3.63, 3.8) is 0 Å². The molecule has 1 aromatic heterocycles. The summed E-state index contributed by atoms with van der Waals surface area (Å²) >= 11 is 6.06. The number of carbonyl (C=O) groups excluding carboxylic acids is 1. The van der Waals surface area contributed by atoms with E-state index >= 15 is 0 Å². The molecule has 0 radical (unpaired) electrons. The Kier molecular flexibility index (Phi) is 4.64. The smallest absolute Gasteiger partial charge is 0.222 e. The van der Waals surface area contributed by atoms with Crippen LogP contribution in [-0.2, 0) is 16.1 Å². The molecule has 1 saturated heterocycles. The fraction of sp³-hybridized carbons (Fsp3) is 0.500. The highest BCUT2D eigenvalue weighted by molar-refractivity contribution is 6.31. The predicted molar refractivity (Wildman–Crippen MR) is 92.8 cm³/mol. The highest BCUT2D eigenvalue weighted by atomic mass is 35.5. The van der Waals surface area contributed by atoms with E-state index in [1.807, 2.05) is 30.5 Å². The zero-order chi connectivity index (χ0) is 16.4. The van der Waals surface area contributed by atoms with Crippen molar-refractivity contribution in [3.8, 4) is 0 Å². The highest BCUT2D eigenvalue weighted by Gasteiger charge is 2.29. The first-order chi connectivity index (χ1) is 10.9. The molecule has 1 aliphatic heterocycles. The third kappa shape index (κ3) is 4.06. The van der Waals surface area contributed by atoms with Crippen molar-refractivity contribution in [1.82, 2.24) is 9.88 Å². The quantitative estimate of drug-likeness (QED) is 0.925. The summed E-state index contributed by atoms with van der Waals surface area (Å²) < 4.78 is 7.77. The molecule has 1 N–H and O–H groups in total. The van der Waals surface area contributed by atoms with E-state index in [4.69, 9.17) is 16.3 Å². The maximum absolute atomic E-state index is 12.2. The van der Waals surface area contributed by atoms with E-state index in [0.717, 1.165) is 23.7 Å². The zero-order valence-electron chi connectivity index (χ0n) is 13.6. The minimum absolute atomic E-state index is 0.0941. The SMILES string of the molecule is CC1(C)C[C@@H](NC(=O)CCn2ccc3ccc(Cl)cc32)CCO1. The second-order valence-electron chi connectivity index (χ2n) is 6.83. The largest absolute Gasteiger partial charge is 0.375 e. The van der Waals surface area contributed by atoms with E-state index in [9.17, 15) is 4.79 Å². The van der Waals surface area contributed by atoms with Crippen LogP contribution in [0.1, 0.15) is 33.1 Å². The van der Waals surface area contributed by atoms with Crippen LogP contribution in [0.15, 0.2) is 30.5 Å². The van der Waals surface area contributed by atoms with E-state index in [-0.39, 0.29) is 17.6 Å². The maximum Gasteiger partial charge on any atom is 0.222 e. The molecule has 3 rings (SSSR count). The van der Waals surface area contributed by atoms with Crippen LogP contribution in [0.2, 0.25) is 5.02 Å². The minimum Gasteiger partial charge on any atom is -0.375 e. The number of hydrogen-bond donors (Lipinski definition) is 1. The average molecular weight is 335 g/mol. The summed E-state index contributed by atoms with van der Waals surface area (Å²) in [6.07, 6.45) is 4.22. The van der Waals surface area contributed by atoms with Gasteiger partial charge in [0.25, 0.3) is 0 Å². The number of benzene rings is 1. The number of nitrogens with zero attached hydrogens (tertiary/aromatic N) is 1. The van der Waals surface area contributed by atoms with Gasteiger partial charge in [-0.2, -0.15) is 0 Å². The Morgan fingerprint density at radius 2 is 2.26 bits per heavy atom. The van der Waals surface area contributed by atoms with Crippen molar-refractivity contribution in [2.24, 2.45) is 0 Å². The van der Waals surface area contributed by atoms with Crippen molar-refractivity contribution in [2.45, 2.75) is 51.3 Å². The van der Waals surface area contributed by atoms with Crippen molar-refractivity contribution in [2.75, 3.05) is 6.61 Å². The van der Waals surface area contributed by atoms with Crippen LogP contribution in [0.4, 0.5) is 0 Å². The average Bonchev–Trinajstić information content (AvgIpc) is 2.86. The monoisotopic (exact) mass is 334 g/mol. The molecule has 1 amide bonds. The number of nitrogens with one attached hydrogen (secondary N) is 1.